The topological polar surface area (TPSA) is 43.4 Å². The summed E-state index contributed by atoms with van der Waals surface area (Å²) < 4.78 is 5.52. The minimum Gasteiger partial charge on any atom is -0.462 e. The zero-order chi connectivity index (χ0) is 20.6. The van der Waals surface area contributed by atoms with Gasteiger partial charge in [0.1, 0.15) is 0 Å². The Kier molecular flexibility index (Phi) is 7.18. The summed E-state index contributed by atoms with van der Waals surface area (Å²) in [6.45, 7) is 4.57. The van der Waals surface area contributed by atoms with Crippen LogP contribution < -0.4 is 0 Å². The van der Waals surface area contributed by atoms with E-state index < -0.39 is 0 Å². The number of fused-ring (bicyclic) bond motifs is 1. The van der Waals surface area contributed by atoms with Crippen molar-refractivity contribution in [3.63, 3.8) is 0 Å². The highest BCUT2D eigenvalue weighted by atomic mass is 16.5. The summed E-state index contributed by atoms with van der Waals surface area (Å²) in [5.41, 5.74) is 2.69. The lowest BCUT2D eigenvalue weighted by Crippen LogP contribution is -2.10. The molecule has 3 aromatic carbocycles. The second-order valence-electron chi connectivity index (χ2n) is 7.45. The Morgan fingerprint density at radius 3 is 2.14 bits per heavy atom. The minimum absolute atomic E-state index is 0.0876. The molecule has 0 heterocycles. The van der Waals surface area contributed by atoms with Gasteiger partial charge in [0.2, 0.25) is 0 Å². The van der Waals surface area contributed by atoms with Crippen molar-refractivity contribution < 1.29 is 14.3 Å². The van der Waals surface area contributed by atoms with Gasteiger partial charge < -0.3 is 4.74 Å². The summed E-state index contributed by atoms with van der Waals surface area (Å²) in [5, 5.41) is 1.52. The van der Waals surface area contributed by atoms with E-state index in [0.717, 1.165) is 30.2 Å². The van der Waals surface area contributed by atoms with Crippen LogP contribution in [0.4, 0.5) is 0 Å². The lowest BCUT2D eigenvalue weighted by molar-refractivity contribution is 0.0500. The van der Waals surface area contributed by atoms with Crippen molar-refractivity contribution in [3.05, 3.63) is 82.9 Å². The molecule has 0 fully saturated rings. The molecule has 0 saturated carbocycles. The maximum atomic E-state index is 13.2. The number of carbonyl (C=O) groups is 2. The number of hydrogen-bond acceptors (Lipinski definition) is 3. The number of ether oxygens (including phenoxy) is 1. The Balaban J connectivity index is 1.86. The molecule has 0 aliphatic carbocycles. The molecule has 0 aromatic heterocycles. The second-order valence-corrected chi connectivity index (χ2v) is 7.45. The maximum absolute atomic E-state index is 13.2. The smallest absolute Gasteiger partial charge is 0.338 e. The fourth-order valence-corrected chi connectivity index (χ4v) is 3.51. The summed E-state index contributed by atoms with van der Waals surface area (Å²) >= 11 is 0. The van der Waals surface area contributed by atoms with E-state index in [9.17, 15) is 9.59 Å². The van der Waals surface area contributed by atoms with Crippen molar-refractivity contribution >= 4 is 22.5 Å². The molecule has 150 valence electrons. The van der Waals surface area contributed by atoms with Crippen molar-refractivity contribution in [2.24, 2.45) is 0 Å². The van der Waals surface area contributed by atoms with Gasteiger partial charge in [0.15, 0.2) is 5.78 Å². The van der Waals surface area contributed by atoms with Crippen LogP contribution in [-0.4, -0.2) is 18.4 Å². The summed E-state index contributed by atoms with van der Waals surface area (Å²) in [7, 11) is 0. The molecule has 0 bridgehead atoms. The van der Waals surface area contributed by atoms with Crippen LogP contribution in [0.2, 0.25) is 0 Å². The number of esters is 1. The summed E-state index contributed by atoms with van der Waals surface area (Å²) in [4.78, 5) is 25.9. The van der Waals surface area contributed by atoms with Crippen molar-refractivity contribution in [3.8, 4) is 0 Å². The molecule has 0 aliphatic rings. The molecule has 0 N–H and O–H groups in total. The molecule has 0 aliphatic heterocycles. The normalized spacial score (nSPS) is 10.8. The molecule has 0 amide bonds. The monoisotopic (exact) mass is 388 g/mol. The number of unbranched alkanes of at least 4 members (excludes halogenated alkanes) is 4. The molecular weight excluding hydrogens is 360 g/mol. The van der Waals surface area contributed by atoms with E-state index in [2.05, 4.69) is 6.92 Å². The molecule has 0 spiro atoms. The highest BCUT2D eigenvalue weighted by molar-refractivity contribution is 6.20. The van der Waals surface area contributed by atoms with E-state index in [0.29, 0.717) is 28.7 Å². The van der Waals surface area contributed by atoms with E-state index in [1.807, 2.05) is 55.5 Å². The van der Waals surface area contributed by atoms with Crippen LogP contribution >= 0.6 is 0 Å². The summed E-state index contributed by atoms with van der Waals surface area (Å²) in [6.07, 6.45) is 5.49. The van der Waals surface area contributed by atoms with Gasteiger partial charge in [-0.2, -0.15) is 0 Å². The Labute approximate surface area is 172 Å². The first-order valence-electron chi connectivity index (χ1n) is 10.4. The van der Waals surface area contributed by atoms with E-state index in [-0.39, 0.29) is 11.8 Å². The van der Waals surface area contributed by atoms with Gasteiger partial charge in [-0.25, -0.2) is 4.79 Å². The number of carbonyl (C=O) groups excluding carboxylic acids is 2. The average molecular weight is 389 g/mol. The summed E-state index contributed by atoms with van der Waals surface area (Å²) in [6, 6.07) is 18.6. The van der Waals surface area contributed by atoms with E-state index in [4.69, 9.17) is 4.74 Å². The Bertz CT molecular complexity index is 981. The Morgan fingerprint density at radius 1 is 0.793 bits per heavy atom. The Hall–Kier alpha value is -2.94. The maximum Gasteiger partial charge on any atom is 0.338 e. The van der Waals surface area contributed by atoms with Crippen molar-refractivity contribution in [1.29, 1.82) is 0 Å². The van der Waals surface area contributed by atoms with Gasteiger partial charge in [0.25, 0.3) is 0 Å². The van der Waals surface area contributed by atoms with Gasteiger partial charge in [0.05, 0.1) is 12.2 Å². The van der Waals surface area contributed by atoms with Crippen LogP contribution in [0.25, 0.3) is 10.8 Å². The number of hydrogen-bond donors (Lipinski definition) is 0. The van der Waals surface area contributed by atoms with Gasteiger partial charge in [0, 0.05) is 16.5 Å². The molecule has 3 heteroatoms. The van der Waals surface area contributed by atoms with E-state index >= 15 is 0 Å². The lowest BCUT2D eigenvalue weighted by atomic mass is 9.93. The van der Waals surface area contributed by atoms with E-state index in [1.54, 1.807) is 12.1 Å². The predicted octanol–water partition coefficient (Wildman–Crippen LogP) is 6.51. The van der Waals surface area contributed by atoms with Crippen LogP contribution in [0.15, 0.2) is 60.7 Å². The SMILES string of the molecule is CCCCCCCOC(=O)c1cccc2cccc(C(=O)c3ccc(C)cc3)c12. The van der Waals surface area contributed by atoms with Crippen LogP contribution in [0.5, 0.6) is 0 Å². The van der Waals surface area contributed by atoms with Crippen LogP contribution in [0.3, 0.4) is 0 Å². The molecule has 3 rings (SSSR count). The molecule has 0 saturated heterocycles. The van der Waals surface area contributed by atoms with E-state index in [1.165, 1.54) is 12.8 Å². The first-order chi connectivity index (χ1) is 14.1. The first-order valence-corrected chi connectivity index (χ1v) is 10.4. The van der Waals surface area contributed by atoms with Crippen molar-refractivity contribution in [2.75, 3.05) is 6.61 Å². The third-order valence-corrected chi connectivity index (χ3v) is 5.16. The third kappa shape index (κ3) is 5.11. The number of rotatable bonds is 9. The van der Waals surface area contributed by atoms with Gasteiger partial charge in [-0.15, -0.1) is 0 Å². The summed E-state index contributed by atoms with van der Waals surface area (Å²) in [5.74, 6) is -0.453. The zero-order valence-corrected chi connectivity index (χ0v) is 17.2. The molecule has 0 atom stereocenters. The first kappa shape index (κ1) is 20.8. The number of aryl methyl sites for hydroxylation is 1. The zero-order valence-electron chi connectivity index (χ0n) is 17.2. The van der Waals surface area contributed by atoms with Crippen LogP contribution in [0, 0.1) is 6.92 Å². The molecule has 3 nitrogen and oxygen atoms in total. The largest absolute Gasteiger partial charge is 0.462 e. The second kappa shape index (κ2) is 10.0. The van der Waals surface area contributed by atoms with Gasteiger partial charge in [-0.1, -0.05) is 92.8 Å². The highest BCUT2D eigenvalue weighted by Crippen LogP contribution is 2.26. The standard InChI is InChI=1S/C26H28O3/c1-3-4-5-6-7-18-29-26(28)23-13-9-11-20-10-8-12-22(24(20)23)25(27)21-16-14-19(2)15-17-21/h8-17H,3-7,18H2,1-2H3. The lowest BCUT2D eigenvalue weighted by Gasteiger charge is -2.11. The molecule has 29 heavy (non-hydrogen) atoms. The fourth-order valence-electron chi connectivity index (χ4n) is 3.51. The fraction of sp³-hybridized carbons (Fsp3) is 0.308. The minimum atomic E-state index is -0.366. The molecular formula is C26H28O3. The van der Waals surface area contributed by atoms with Gasteiger partial charge in [-0.05, 0) is 24.8 Å². The molecule has 3 aromatic rings. The van der Waals surface area contributed by atoms with Crippen molar-refractivity contribution in [1.82, 2.24) is 0 Å². The third-order valence-electron chi connectivity index (χ3n) is 5.16. The number of benzene rings is 3. The van der Waals surface area contributed by atoms with Gasteiger partial charge in [-0.3, -0.25) is 4.79 Å². The quantitative estimate of drug-likeness (QED) is 0.238. The van der Waals surface area contributed by atoms with Gasteiger partial charge >= 0.3 is 5.97 Å². The number of ketones is 1. The molecule has 0 unspecified atom stereocenters. The van der Waals surface area contributed by atoms with Crippen LogP contribution in [0.1, 0.15) is 70.9 Å². The average Bonchev–Trinajstić information content (AvgIpc) is 2.75. The Morgan fingerprint density at radius 2 is 1.45 bits per heavy atom. The predicted molar refractivity (Wildman–Crippen MR) is 118 cm³/mol. The molecule has 0 radical (unpaired) electrons. The highest BCUT2D eigenvalue weighted by Gasteiger charge is 2.19. The van der Waals surface area contributed by atoms with Crippen molar-refractivity contribution in [2.45, 2.75) is 46.0 Å². The van der Waals surface area contributed by atoms with Crippen LogP contribution in [-0.2, 0) is 4.74 Å².